The number of carbonyl (C=O) groups is 1. The predicted molar refractivity (Wildman–Crippen MR) is 65.4 cm³/mol. The van der Waals surface area contributed by atoms with Gasteiger partial charge in [0, 0.05) is 12.3 Å². The molecule has 0 radical (unpaired) electrons. The second-order valence-electron chi connectivity index (χ2n) is 4.48. The topological polar surface area (TPSA) is 29.1 Å². The van der Waals surface area contributed by atoms with Gasteiger partial charge < -0.3 is 5.32 Å². The predicted octanol–water partition coefficient (Wildman–Crippen LogP) is 2.19. The summed E-state index contributed by atoms with van der Waals surface area (Å²) in [5.74, 6) is 0.760. The lowest BCUT2D eigenvalue weighted by atomic mass is 9.90. The minimum Gasteiger partial charge on any atom is -0.317 e. The fourth-order valence-electron chi connectivity index (χ4n) is 2.26. The van der Waals surface area contributed by atoms with Gasteiger partial charge in [-0.25, -0.2) is 0 Å². The maximum Gasteiger partial charge on any atom is 0.136 e. The second kappa shape index (κ2) is 5.80. The van der Waals surface area contributed by atoms with Gasteiger partial charge in [-0.3, -0.25) is 4.79 Å². The molecule has 1 aromatic rings. The molecule has 1 fully saturated rings. The van der Waals surface area contributed by atoms with Crippen LogP contribution in [-0.4, -0.2) is 18.9 Å². The standard InChI is InChI=1S/C14H19NO/c16-14(13-8-10-15-11-9-13)7-6-12-4-2-1-3-5-12/h1-5,13,15H,6-11H2. The van der Waals surface area contributed by atoms with Crippen LogP contribution in [-0.2, 0) is 11.2 Å². The van der Waals surface area contributed by atoms with Crippen molar-refractivity contribution < 1.29 is 4.79 Å². The number of hydrogen-bond donors (Lipinski definition) is 1. The van der Waals surface area contributed by atoms with Crippen LogP contribution in [0.4, 0.5) is 0 Å². The Balaban J connectivity index is 1.79. The molecule has 1 saturated heterocycles. The number of hydrogen-bond acceptors (Lipinski definition) is 2. The van der Waals surface area contributed by atoms with Crippen LogP contribution in [0, 0.1) is 5.92 Å². The second-order valence-corrected chi connectivity index (χ2v) is 4.48. The molecule has 2 rings (SSSR count). The number of piperidine rings is 1. The summed E-state index contributed by atoms with van der Waals surface area (Å²) in [6.45, 7) is 2.00. The third kappa shape index (κ3) is 3.17. The van der Waals surface area contributed by atoms with Gasteiger partial charge in [0.1, 0.15) is 5.78 Å². The molecule has 0 amide bonds. The number of rotatable bonds is 4. The molecule has 16 heavy (non-hydrogen) atoms. The first-order valence-electron chi connectivity index (χ1n) is 6.13. The molecule has 0 spiro atoms. The van der Waals surface area contributed by atoms with E-state index in [1.165, 1.54) is 5.56 Å². The number of aryl methyl sites for hydroxylation is 1. The summed E-state index contributed by atoms with van der Waals surface area (Å²) >= 11 is 0. The molecular weight excluding hydrogens is 198 g/mol. The summed E-state index contributed by atoms with van der Waals surface area (Å²) < 4.78 is 0. The third-order valence-corrected chi connectivity index (χ3v) is 3.30. The monoisotopic (exact) mass is 217 g/mol. The van der Waals surface area contributed by atoms with Crippen molar-refractivity contribution >= 4 is 5.78 Å². The molecule has 0 unspecified atom stereocenters. The van der Waals surface area contributed by atoms with Crippen molar-refractivity contribution in [2.24, 2.45) is 5.92 Å². The fourth-order valence-corrected chi connectivity index (χ4v) is 2.26. The normalized spacial score (nSPS) is 17.2. The Morgan fingerprint density at radius 1 is 1.19 bits per heavy atom. The molecule has 0 atom stereocenters. The van der Waals surface area contributed by atoms with Crippen LogP contribution >= 0.6 is 0 Å². The molecule has 0 aromatic heterocycles. The molecule has 0 aliphatic carbocycles. The first-order chi connectivity index (χ1) is 7.86. The van der Waals surface area contributed by atoms with E-state index >= 15 is 0 Å². The summed E-state index contributed by atoms with van der Waals surface area (Å²) in [5.41, 5.74) is 1.27. The number of nitrogens with one attached hydrogen (secondary N) is 1. The minimum atomic E-state index is 0.310. The Labute approximate surface area is 97.1 Å². The zero-order chi connectivity index (χ0) is 11.2. The average molecular weight is 217 g/mol. The zero-order valence-corrected chi connectivity index (χ0v) is 9.61. The van der Waals surface area contributed by atoms with Gasteiger partial charge in [-0.15, -0.1) is 0 Å². The highest BCUT2D eigenvalue weighted by molar-refractivity contribution is 5.81. The van der Waals surface area contributed by atoms with Gasteiger partial charge in [0.25, 0.3) is 0 Å². The van der Waals surface area contributed by atoms with Gasteiger partial charge in [0.15, 0.2) is 0 Å². The van der Waals surface area contributed by atoms with Crippen molar-refractivity contribution in [1.29, 1.82) is 0 Å². The van der Waals surface area contributed by atoms with Crippen molar-refractivity contribution in [1.82, 2.24) is 5.32 Å². The average Bonchev–Trinajstić information content (AvgIpc) is 2.38. The third-order valence-electron chi connectivity index (χ3n) is 3.30. The van der Waals surface area contributed by atoms with Crippen molar-refractivity contribution in [3.05, 3.63) is 35.9 Å². The van der Waals surface area contributed by atoms with Crippen LogP contribution in [0.3, 0.4) is 0 Å². The smallest absolute Gasteiger partial charge is 0.136 e. The highest BCUT2D eigenvalue weighted by atomic mass is 16.1. The number of Topliss-reactive ketones (excluding diaryl/α,β-unsaturated/α-hetero) is 1. The van der Waals surface area contributed by atoms with E-state index in [0.717, 1.165) is 32.4 Å². The fraction of sp³-hybridized carbons (Fsp3) is 0.500. The van der Waals surface area contributed by atoms with Crippen LogP contribution in [0.2, 0.25) is 0 Å². The summed E-state index contributed by atoms with van der Waals surface area (Å²) in [6.07, 6.45) is 3.64. The van der Waals surface area contributed by atoms with E-state index < -0.39 is 0 Å². The van der Waals surface area contributed by atoms with Crippen LogP contribution in [0.1, 0.15) is 24.8 Å². The zero-order valence-electron chi connectivity index (χ0n) is 9.61. The maximum atomic E-state index is 11.9. The van der Waals surface area contributed by atoms with Gasteiger partial charge in [0.05, 0.1) is 0 Å². The number of benzene rings is 1. The lowest BCUT2D eigenvalue weighted by Crippen LogP contribution is -2.31. The Kier molecular flexibility index (Phi) is 4.11. The SMILES string of the molecule is O=C(CCc1ccccc1)C1CCNCC1. The van der Waals surface area contributed by atoms with E-state index in [1.54, 1.807) is 0 Å². The molecule has 0 saturated carbocycles. The lowest BCUT2D eigenvalue weighted by molar-refractivity contribution is -0.123. The highest BCUT2D eigenvalue weighted by Crippen LogP contribution is 2.16. The summed E-state index contributed by atoms with van der Waals surface area (Å²) in [4.78, 5) is 11.9. The summed E-state index contributed by atoms with van der Waals surface area (Å²) in [7, 11) is 0. The van der Waals surface area contributed by atoms with Crippen molar-refractivity contribution in [3.8, 4) is 0 Å². The molecule has 2 nitrogen and oxygen atoms in total. The molecule has 1 aromatic carbocycles. The number of carbonyl (C=O) groups excluding carboxylic acids is 1. The van der Waals surface area contributed by atoms with Crippen LogP contribution in [0.5, 0.6) is 0 Å². The summed E-state index contributed by atoms with van der Waals surface area (Å²) in [6, 6.07) is 10.3. The molecule has 0 bridgehead atoms. The minimum absolute atomic E-state index is 0.310. The van der Waals surface area contributed by atoms with Gasteiger partial charge >= 0.3 is 0 Å². The van der Waals surface area contributed by atoms with Crippen molar-refractivity contribution in [2.75, 3.05) is 13.1 Å². The first-order valence-corrected chi connectivity index (χ1v) is 6.13. The lowest BCUT2D eigenvalue weighted by Gasteiger charge is -2.21. The Morgan fingerprint density at radius 3 is 2.56 bits per heavy atom. The highest BCUT2D eigenvalue weighted by Gasteiger charge is 2.19. The number of ketones is 1. The molecule has 1 aliphatic rings. The summed E-state index contributed by atoms with van der Waals surface area (Å²) in [5, 5.41) is 3.29. The van der Waals surface area contributed by atoms with Crippen molar-refractivity contribution in [2.45, 2.75) is 25.7 Å². The largest absolute Gasteiger partial charge is 0.317 e. The Hall–Kier alpha value is -1.15. The first kappa shape index (κ1) is 11.3. The maximum absolute atomic E-state index is 11.9. The molecule has 86 valence electrons. The van der Waals surface area contributed by atoms with E-state index in [1.807, 2.05) is 18.2 Å². The van der Waals surface area contributed by atoms with E-state index in [2.05, 4.69) is 17.4 Å². The van der Waals surface area contributed by atoms with E-state index in [9.17, 15) is 4.79 Å². The quantitative estimate of drug-likeness (QED) is 0.837. The van der Waals surface area contributed by atoms with E-state index in [4.69, 9.17) is 0 Å². The van der Waals surface area contributed by atoms with Gasteiger partial charge in [-0.2, -0.15) is 0 Å². The molecule has 1 heterocycles. The molecule has 2 heteroatoms. The molecule has 1 aliphatic heterocycles. The van der Waals surface area contributed by atoms with E-state index in [0.29, 0.717) is 18.1 Å². The Bertz CT molecular complexity index is 328. The van der Waals surface area contributed by atoms with Crippen LogP contribution in [0.15, 0.2) is 30.3 Å². The van der Waals surface area contributed by atoms with Gasteiger partial charge in [0.2, 0.25) is 0 Å². The Morgan fingerprint density at radius 2 is 1.88 bits per heavy atom. The molecular formula is C14H19NO. The van der Waals surface area contributed by atoms with Crippen LogP contribution in [0.25, 0.3) is 0 Å². The molecule has 1 N–H and O–H groups in total. The van der Waals surface area contributed by atoms with E-state index in [-0.39, 0.29) is 0 Å². The van der Waals surface area contributed by atoms with Gasteiger partial charge in [-0.05, 0) is 37.9 Å². The van der Waals surface area contributed by atoms with Crippen molar-refractivity contribution in [3.63, 3.8) is 0 Å². The van der Waals surface area contributed by atoms with Crippen LogP contribution < -0.4 is 5.32 Å². The van der Waals surface area contributed by atoms with Gasteiger partial charge in [-0.1, -0.05) is 30.3 Å².